The predicted octanol–water partition coefficient (Wildman–Crippen LogP) is -0.247. The van der Waals surface area contributed by atoms with Gasteiger partial charge < -0.3 is 14.9 Å². The SMILES string of the molecule is Cl.O=C(O)C=C(CCN1CCOC(=O)C1)C(=O)O. The minimum absolute atomic E-state index is 0. The number of nitrogens with zero attached hydrogens (tertiary/aromatic N) is 1. The molecule has 1 saturated heterocycles. The highest BCUT2D eigenvalue weighted by atomic mass is 35.5. The molecule has 0 radical (unpaired) electrons. The van der Waals surface area contributed by atoms with Crippen molar-refractivity contribution >= 4 is 30.3 Å². The average molecular weight is 280 g/mol. The van der Waals surface area contributed by atoms with Gasteiger partial charge in [-0.05, 0) is 6.42 Å². The van der Waals surface area contributed by atoms with Crippen molar-refractivity contribution in [1.29, 1.82) is 0 Å². The van der Waals surface area contributed by atoms with E-state index in [9.17, 15) is 14.4 Å². The quantitative estimate of drug-likeness (QED) is 0.528. The summed E-state index contributed by atoms with van der Waals surface area (Å²) in [6, 6.07) is 0. The van der Waals surface area contributed by atoms with Gasteiger partial charge >= 0.3 is 17.9 Å². The van der Waals surface area contributed by atoms with Gasteiger partial charge in [0.2, 0.25) is 0 Å². The third kappa shape index (κ3) is 5.65. The number of ether oxygens (including phenoxy) is 1. The van der Waals surface area contributed by atoms with Crippen LogP contribution in [0.15, 0.2) is 11.6 Å². The third-order valence-corrected chi connectivity index (χ3v) is 2.29. The molecule has 0 bridgehead atoms. The fraction of sp³-hybridized carbons (Fsp3) is 0.500. The normalized spacial score (nSPS) is 16.7. The number of carboxylic acids is 2. The van der Waals surface area contributed by atoms with E-state index < -0.39 is 11.9 Å². The zero-order chi connectivity index (χ0) is 12.8. The molecule has 0 unspecified atom stereocenters. The first-order valence-corrected chi connectivity index (χ1v) is 5.04. The summed E-state index contributed by atoms with van der Waals surface area (Å²) in [5.41, 5.74) is -0.184. The molecule has 0 aromatic heterocycles. The van der Waals surface area contributed by atoms with Gasteiger partial charge in [-0.15, -0.1) is 12.4 Å². The lowest BCUT2D eigenvalue weighted by molar-refractivity contribution is -0.150. The zero-order valence-electron chi connectivity index (χ0n) is 9.50. The van der Waals surface area contributed by atoms with Crippen LogP contribution in [-0.2, 0) is 19.1 Å². The van der Waals surface area contributed by atoms with E-state index in [0.717, 1.165) is 0 Å². The molecule has 102 valence electrons. The van der Waals surface area contributed by atoms with Gasteiger partial charge in [-0.2, -0.15) is 0 Å². The molecule has 0 aromatic carbocycles. The van der Waals surface area contributed by atoms with E-state index in [-0.39, 0.29) is 43.5 Å². The van der Waals surface area contributed by atoms with E-state index in [1.54, 1.807) is 4.90 Å². The molecule has 2 N–H and O–H groups in total. The van der Waals surface area contributed by atoms with Gasteiger partial charge in [0.25, 0.3) is 0 Å². The second-order valence-corrected chi connectivity index (χ2v) is 3.56. The van der Waals surface area contributed by atoms with E-state index in [4.69, 9.17) is 14.9 Å². The monoisotopic (exact) mass is 279 g/mol. The number of hydrogen-bond donors (Lipinski definition) is 2. The second-order valence-electron chi connectivity index (χ2n) is 3.56. The van der Waals surface area contributed by atoms with Crippen LogP contribution in [0.4, 0.5) is 0 Å². The maximum atomic E-state index is 10.9. The third-order valence-electron chi connectivity index (χ3n) is 2.29. The lowest BCUT2D eigenvalue weighted by atomic mass is 10.1. The molecule has 8 heteroatoms. The highest BCUT2D eigenvalue weighted by Gasteiger charge is 2.19. The lowest BCUT2D eigenvalue weighted by Gasteiger charge is -2.25. The van der Waals surface area contributed by atoms with Crippen LogP contribution >= 0.6 is 12.4 Å². The van der Waals surface area contributed by atoms with Crippen LogP contribution in [0.1, 0.15) is 6.42 Å². The van der Waals surface area contributed by atoms with Gasteiger partial charge in [0.05, 0.1) is 6.54 Å². The van der Waals surface area contributed by atoms with Gasteiger partial charge in [-0.25, -0.2) is 9.59 Å². The van der Waals surface area contributed by atoms with E-state index >= 15 is 0 Å². The Hall–Kier alpha value is -1.60. The highest BCUT2D eigenvalue weighted by molar-refractivity contribution is 5.94. The lowest BCUT2D eigenvalue weighted by Crippen LogP contribution is -2.40. The molecule has 1 rings (SSSR count). The summed E-state index contributed by atoms with van der Waals surface area (Å²) < 4.78 is 4.72. The first-order valence-electron chi connectivity index (χ1n) is 5.04. The molecule has 1 aliphatic heterocycles. The summed E-state index contributed by atoms with van der Waals surface area (Å²) in [6.07, 6.45) is 0.750. The minimum Gasteiger partial charge on any atom is -0.478 e. The Kier molecular flexibility index (Phi) is 6.99. The van der Waals surface area contributed by atoms with Gasteiger partial charge in [-0.3, -0.25) is 9.69 Å². The van der Waals surface area contributed by atoms with Crippen molar-refractivity contribution in [3.05, 3.63) is 11.6 Å². The predicted molar refractivity (Wildman–Crippen MR) is 62.6 cm³/mol. The van der Waals surface area contributed by atoms with E-state index in [2.05, 4.69) is 0 Å². The Morgan fingerprint density at radius 1 is 1.39 bits per heavy atom. The maximum absolute atomic E-state index is 10.9. The standard InChI is InChI=1S/C10H13NO6.ClH/c12-8(13)5-7(10(15)16)1-2-11-3-4-17-9(14)6-11;/h5H,1-4,6H2,(H,12,13)(H,15,16);1H. The molecule has 7 nitrogen and oxygen atoms in total. The molecule has 1 heterocycles. The Balaban J connectivity index is 0.00000289. The van der Waals surface area contributed by atoms with Crippen molar-refractivity contribution in [3.63, 3.8) is 0 Å². The van der Waals surface area contributed by atoms with Crippen molar-refractivity contribution in [2.24, 2.45) is 0 Å². The van der Waals surface area contributed by atoms with Crippen molar-refractivity contribution in [1.82, 2.24) is 4.90 Å². The van der Waals surface area contributed by atoms with Crippen LogP contribution < -0.4 is 0 Å². The van der Waals surface area contributed by atoms with Crippen LogP contribution in [0.25, 0.3) is 0 Å². The fourth-order valence-corrected chi connectivity index (χ4v) is 1.46. The minimum atomic E-state index is -1.29. The number of carbonyl (C=O) groups is 3. The number of halogens is 1. The van der Waals surface area contributed by atoms with Crippen LogP contribution in [-0.4, -0.2) is 59.3 Å². The highest BCUT2D eigenvalue weighted by Crippen LogP contribution is 2.06. The molecule has 0 spiro atoms. The van der Waals surface area contributed by atoms with E-state index in [1.165, 1.54) is 0 Å². The molecule has 1 aliphatic rings. The molecule has 1 fully saturated rings. The maximum Gasteiger partial charge on any atom is 0.331 e. The first kappa shape index (κ1) is 16.4. The van der Waals surface area contributed by atoms with E-state index in [1.807, 2.05) is 0 Å². The Bertz CT molecular complexity index is 367. The Morgan fingerprint density at radius 2 is 2.06 bits per heavy atom. The number of carbonyl (C=O) groups excluding carboxylic acids is 1. The van der Waals surface area contributed by atoms with Gasteiger partial charge in [0, 0.05) is 24.7 Å². The molecule has 0 aromatic rings. The van der Waals surface area contributed by atoms with Gasteiger partial charge in [0.15, 0.2) is 0 Å². The number of morpholine rings is 1. The second kappa shape index (κ2) is 7.67. The summed E-state index contributed by atoms with van der Waals surface area (Å²) in [7, 11) is 0. The number of carboxylic acid groups (broad SMARTS) is 2. The first-order chi connectivity index (χ1) is 7.99. The van der Waals surface area contributed by atoms with Crippen LogP contribution in [0.3, 0.4) is 0 Å². The summed E-state index contributed by atoms with van der Waals surface area (Å²) in [5.74, 6) is -2.90. The average Bonchev–Trinajstić information content (AvgIpc) is 2.23. The summed E-state index contributed by atoms with van der Waals surface area (Å²) in [5, 5.41) is 17.2. The summed E-state index contributed by atoms with van der Waals surface area (Å²) in [6.45, 7) is 1.25. The van der Waals surface area contributed by atoms with Crippen molar-refractivity contribution in [2.45, 2.75) is 6.42 Å². The largest absolute Gasteiger partial charge is 0.478 e. The molecular formula is C10H14ClNO6. The topological polar surface area (TPSA) is 104 Å². The van der Waals surface area contributed by atoms with Crippen molar-refractivity contribution in [2.75, 3.05) is 26.2 Å². The molecular weight excluding hydrogens is 266 g/mol. The number of esters is 1. The zero-order valence-corrected chi connectivity index (χ0v) is 10.3. The van der Waals surface area contributed by atoms with Crippen LogP contribution in [0.2, 0.25) is 0 Å². The summed E-state index contributed by atoms with van der Waals surface area (Å²) >= 11 is 0. The fourth-order valence-electron chi connectivity index (χ4n) is 1.46. The summed E-state index contributed by atoms with van der Waals surface area (Å²) in [4.78, 5) is 33.8. The molecule has 0 amide bonds. The molecule has 0 saturated carbocycles. The molecule has 0 atom stereocenters. The van der Waals surface area contributed by atoms with Gasteiger partial charge in [-0.1, -0.05) is 0 Å². The van der Waals surface area contributed by atoms with E-state index in [0.29, 0.717) is 19.2 Å². The van der Waals surface area contributed by atoms with Crippen molar-refractivity contribution < 1.29 is 29.3 Å². The number of aliphatic carboxylic acids is 2. The smallest absolute Gasteiger partial charge is 0.331 e. The number of cyclic esters (lactones) is 1. The van der Waals surface area contributed by atoms with Crippen molar-refractivity contribution in [3.8, 4) is 0 Å². The van der Waals surface area contributed by atoms with Crippen LogP contribution in [0.5, 0.6) is 0 Å². The number of rotatable bonds is 5. The molecule has 18 heavy (non-hydrogen) atoms. The van der Waals surface area contributed by atoms with Gasteiger partial charge in [0.1, 0.15) is 6.61 Å². The Morgan fingerprint density at radius 3 is 2.56 bits per heavy atom. The molecule has 0 aliphatic carbocycles. The van der Waals surface area contributed by atoms with Crippen LogP contribution in [0, 0.1) is 0 Å². The Labute approximate surface area is 109 Å². The number of hydrogen-bond acceptors (Lipinski definition) is 5.